The van der Waals surface area contributed by atoms with Crippen molar-refractivity contribution < 1.29 is 4.79 Å². The molecular weight excluding hydrogens is 312 g/mol. The van der Waals surface area contributed by atoms with Crippen LogP contribution < -0.4 is 11.1 Å². The van der Waals surface area contributed by atoms with Gasteiger partial charge in [-0.05, 0) is 17.9 Å². The zero-order chi connectivity index (χ0) is 17.7. The molecule has 1 unspecified atom stereocenters. The third kappa shape index (κ3) is 4.59. The van der Waals surface area contributed by atoms with E-state index >= 15 is 0 Å². The molecule has 5 heteroatoms. The lowest BCUT2D eigenvalue weighted by Crippen LogP contribution is -2.70. The first-order chi connectivity index (χ1) is 12.1. The number of nitrogens with two attached hydrogens (primary N) is 1. The standard InChI is InChI=1S/C20H28N4O/c21-13-20(14-24(15-20)12-17-9-5-2-6-10-17)23-19(25)18(22)11-16-7-3-1-4-8-16/h2,5-6,9-10,16,18H,1,3-4,7-8,11-12,14-15,22H2,(H,23,25). The number of hydrogen-bond donors (Lipinski definition) is 2. The Labute approximate surface area is 150 Å². The van der Waals surface area contributed by atoms with Crippen molar-refractivity contribution in [3.8, 4) is 6.07 Å². The van der Waals surface area contributed by atoms with Crippen molar-refractivity contribution in [2.75, 3.05) is 13.1 Å². The highest BCUT2D eigenvalue weighted by molar-refractivity contribution is 5.83. The summed E-state index contributed by atoms with van der Waals surface area (Å²) in [5.74, 6) is 0.384. The fourth-order valence-corrected chi connectivity index (χ4v) is 4.07. The minimum Gasteiger partial charge on any atom is -0.334 e. The summed E-state index contributed by atoms with van der Waals surface area (Å²) in [7, 11) is 0. The van der Waals surface area contributed by atoms with Gasteiger partial charge in [0.1, 0.15) is 0 Å². The summed E-state index contributed by atoms with van der Waals surface area (Å²) < 4.78 is 0. The lowest BCUT2D eigenvalue weighted by molar-refractivity contribution is -0.126. The fourth-order valence-electron chi connectivity index (χ4n) is 4.07. The highest BCUT2D eigenvalue weighted by Gasteiger charge is 2.45. The second-order valence-electron chi connectivity index (χ2n) is 7.66. The molecule has 5 nitrogen and oxygen atoms in total. The van der Waals surface area contributed by atoms with Gasteiger partial charge in [-0.25, -0.2) is 0 Å². The van der Waals surface area contributed by atoms with E-state index in [2.05, 4.69) is 28.4 Å². The van der Waals surface area contributed by atoms with Gasteiger partial charge in [0.2, 0.25) is 5.91 Å². The molecule has 0 spiro atoms. The Bertz CT molecular complexity index is 612. The molecule has 1 aromatic rings. The van der Waals surface area contributed by atoms with Gasteiger partial charge in [0.25, 0.3) is 0 Å². The SMILES string of the molecule is N#CC1(NC(=O)C(N)CC2CCCCC2)CN(Cc2ccccc2)C1. The van der Waals surface area contributed by atoms with Crippen LogP contribution in [0.15, 0.2) is 30.3 Å². The molecule has 0 radical (unpaired) electrons. The van der Waals surface area contributed by atoms with Gasteiger partial charge in [0.05, 0.1) is 12.1 Å². The Morgan fingerprint density at radius 1 is 1.28 bits per heavy atom. The number of amides is 1. The van der Waals surface area contributed by atoms with Gasteiger partial charge in [-0.1, -0.05) is 62.4 Å². The molecule has 1 saturated carbocycles. The molecule has 1 aliphatic carbocycles. The molecular formula is C20H28N4O. The number of nitrogens with zero attached hydrogens (tertiary/aromatic N) is 2. The molecule has 1 saturated heterocycles. The molecule has 0 aromatic heterocycles. The molecule has 2 aliphatic rings. The average Bonchev–Trinajstić information content (AvgIpc) is 2.61. The van der Waals surface area contributed by atoms with Crippen molar-refractivity contribution in [2.45, 2.75) is 56.7 Å². The number of carbonyl (C=O) groups excluding carboxylic acids is 1. The van der Waals surface area contributed by atoms with E-state index in [0.717, 1.165) is 13.0 Å². The van der Waals surface area contributed by atoms with Crippen molar-refractivity contribution in [3.05, 3.63) is 35.9 Å². The van der Waals surface area contributed by atoms with Gasteiger partial charge >= 0.3 is 0 Å². The zero-order valence-electron chi connectivity index (χ0n) is 14.8. The van der Waals surface area contributed by atoms with Gasteiger partial charge in [-0.3, -0.25) is 9.69 Å². The molecule has 1 aromatic carbocycles. The maximum Gasteiger partial charge on any atom is 0.238 e. The van der Waals surface area contributed by atoms with E-state index in [-0.39, 0.29) is 5.91 Å². The summed E-state index contributed by atoms with van der Waals surface area (Å²) in [5.41, 5.74) is 6.55. The van der Waals surface area contributed by atoms with Crippen LogP contribution in [0.1, 0.15) is 44.1 Å². The third-order valence-electron chi connectivity index (χ3n) is 5.46. The Morgan fingerprint density at radius 2 is 1.96 bits per heavy atom. The summed E-state index contributed by atoms with van der Waals surface area (Å²) in [6, 6.07) is 12.0. The van der Waals surface area contributed by atoms with E-state index in [1.54, 1.807) is 0 Å². The molecule has 1 heterocycles. The third-order valence-corrected chi connectivity index (χ3v) is 5.46. The van der Waals surface area contributed by atoms with Crippen LogP contribution in [-0.2, 0) is 11.3 Å². The fraction of sp³-hybridized carbons (Fsp3) is 0.600. The van der Waals surface area contributed by atoms with E-state index in [9.17, 15) is 10.1 Å². The van der Waals surface area contributed by atoms with Gasteiger partial charge in [0, 0.05) is 19.6 Å². The molecule has 3 rings (SSSR count). The molecule has 0 bridgehead atoms. The van der Waals surface area contributed by atoms with Crippen LogP contribution >= 0.6 is 0 Å². The highest BCUT2D eigenvalue weighted by Crippen LogP contribution is 2.27. The molecule has 1 atom stereocenters. The highest BCUT2D eigenvalue weighted by atomic mass is 16.2. The molecule has 1 aliphatic heterocycles. The summed E-state index contributed by atoms with van der Waals surface area (Å²) in [6.45, 7) is 1.91. The van der Waals surface area contributed by atoms with Gasteiger partial charge in [-0.15, -0.1) is 0 Å². The number of benzene rings is 1. The average molecular weight is 340 g/mol. The van der Waals surface area contributed by atoms with Gasteiger partial charge in [-0.2, -0.15) is 5.26 Å². The topological polar surface area (TPSA) is 82.1 Å². The quantitative estimate of drug-likeness (QED) is 0.831. The first-order valence-electron chi connectivity index (χ1n) is 9.35. The van der Waals surface area contributed by atoms with Crippen LogP contribution in [0.2, 0.25) is 0 Å². The van der Waals surface area contributed by atoms with E-state index in [1.165, 1.54) is 37.7 Å². The first-order valence-corrected chi connectivity index (χ1v) is 9.35. The van der Waals surface area contributed by atoms with E-state index in [4.69, 9.17) is 5.73 Å². The summed E-state index contributed by atoms with van der Waals surface area (Å²) >= 11 is 0. The second-order valence-corrected chi connectivity index (χ2v) is 7.66. The summed E-state index contributed by atoms with van der Waals surface area (Å²) in [4.78, 5) is 14.6. The predicted molar refractivity (Wildman–Crippen MR) is 97.4 cm³/mol. The molecule has 1 amide bonds. The Hall–Kier alpha value is -1.90. The van der Waals surface area contributed by atoms with E-state index < -0.39 is 11.6 Å². The minimum absolute atomic E-state index is 0.175. The van der Waals surface area contributed by atoms with Crippen LogP contribution in [0, 0.1) is 17.2 Å². The first kappa shape index (κ1) is 17.9. The Morgan fingerprint density at radius 3 is 2.60 bits per heavy atom. The van der Waals surface area contributed by atoms with Gasteiger partial charge in [0.15, 0.2) is 5.54 Å². The van der Waals surface area contributed by atoms with Crippen LogP contribution in [0.4, 0.5) is 0 Å². The van der Waals surface area contributed by atoms with E-state index in [0.29, 0.717) is 19.0 Å². The summed E-state index contributed by atoms with van der Waals surface area (Å²) in [5, 5.41) is 12.5. The van der Waals surface area contributed by atoms with Crippen LogP contribution in [0.25, 0.3) is 0 Å². The number of likely N-dealkylation sites (tertiary alicyclic amines) is 1. The maximum atomic E-state index is 12.4. The Kier molecular flexibility index (Phi) is 5.72. The van der Waals surface area contributed by atoms with E-state index in [1.807, 2.05) is 18.2 Å². The molecule has 2 fully saturated rings. The molecule has 25 heavy (non-hydrogen) atoms. The lowest BCUT2D eigenvalue weighted by Gasteiger charge is -2.46. The zero-order valence-corrected chi connectivity index (χ0v) is 14.8. The van der Waals surface area contributed by atoms with Crippen molar-refractivity contribution in [1.29, 1.82) is 5.26 Å². The number of rotatable bonds is 6. The molecule has 134 valence electrons. The number of carbonyl (C=O) groups is 1. The molecule has 3 N–H and O–H groups in total. The number of nitrogens with one attached hydrogen (secondary N) is 1. The monoisotopic (exact) mass is 340 g/mol. The van der Waals surface area contributed by atoms with Crippen molar-refractivity contribution in [2.24, 2.45) is 11.7 Å². The van der Waals surface area contributed by atoms with Crippen molar-refractivity contribution >= 4 is 5.91 Å². The number of nitriles is 1. The van der Waals surface area contributed by atoms with Crippen LogP contribution in [0.5, 0.6) is 0 Å². The lowest BCUT2D eigenvalue weighted by atomic mass is 9.84. The summed E-state index contributed by atoms with van der Waals surface area (Å²) in [6.07, 6.45) is 6.88. The Balaban J connectivity index is 1.47. The minimum atomic E-state index is -0.782. The number of hydrogen-bond acceptors (Lipinski definition) is 4. The van der Waals surface area contributed by atoms with Crippen molar-refractivity contribution in [1.82, 2.24) is 10.2 Å². The predicted octanol–water partition coefficient (Wildman–Crippen LogP) is 2.18. The second kappa shape index (κ2) is 7.99. The van der Waals surface area contributed by atoms with Crippen molar-refractivity contribution in [3.63, 3.8) is 0 Å². The maximum absolute atomic E-state index is 12.4. The van der Waals surface area contributed by atoms with Crippen LogP contribution in [0.3, 0.4) is 0 Å². The smallest absolute Gasteiger partial charge is 0.238 e. The normalized spacial score (nSPS) is 21.8. The van der Waals surface area contributed by atoms with Crippen LogP contribution in [-0.4, -0.2) is 35.5 Å². The largest absolute Gasteiger partial charge is 0.334 e. The van der Waals surface area contributed by atoms with Gasteiger partial charge < -0.3 is 11.1 Å².